The van der Waals surface area contributed by atoms with E-state index in [0.29, 0.717) is 0 Å². The van der Waals surface area contributed by atoms with Gasteiger partial charge in [-0.25, -0.2) is 0 Å². The zero-order chi connectivity index (χ0) is 34.2. The van der Waals surface area contributed by atoms with E-state index in [2.05, 4.69) is 191 Å². The summed E-state index contributed by atoms with van der Waals surface area (Å²) in [5, 5.41) is 5.12. The molecule has 0 aliphatic heterocycles. The van der Waals surface area contributed by atoms with Gasteiger partial charge >= 0.3 is 0 Å². The Bertz CT molecular complexity index is 3000. The van der Waals surface area contributed by atoms with Crippen LogP contribution in [0.25, 0.3) is 88.4 Å². The highest BCUT2D eigenvalue weighted by molar-refractivity contribution is 6.29. The van der Waals surface area contributed by atoms with Crippen molar-refractivity contribution in [3.8, 4) is 44.8 Å². The van der Waals surface area contributed by atoms with Gasteiger partial charge < -0.3 is 9.13 Å². The van der Waals surface area contributed by atoms with Gasteiger partial charge in [0, 0.05) is 32.9 Å². The number of aromatic nitrogens is 2. The van der Waals surface area contributed by atoms with Crippen LogP contribution in [0.2, 0.25) is 0 Å². The summed E-state index contributed by atoms with van der Waals surface area (Å²) < 4.78 is 4.97. The highest BCUT2D eigenvalue weighted by Crippen LogP contribution is 2.44. The van der Waals surface area contributed by atoms with Crippen molar-refractivity contribution in [3.63, 3.8) is 0 Å². The van der Waals surface area contributed by atoms with Gasteiger partial charge in [-0.3, -0.25) is 0 Å². The van der Waals surface area contributed by atoms with Crippen LogP contribution in [0.3, 0.4) is 0 Å². The van der Waals surface area contributed by atoms with Crippen molar-refractivity contribution in [3.05, 3.63) is 193 Å². The van der Waals surface area contributed by atoms with Crippen molar-refractivity contribution in [1.82, 2.24) is 9.13 Å². The quantitative estimate of drug-likeness (QED) is 0.177. The number of para-hydroxylation sites is 1. The van der Waals surface area contributed by atoms with E-state index in [1.807, 2.05) is 0 Å². The fourth-order valence-corrected chi connectivity index (χ4v) is 8.85. The lowest BCUT2D eigenvalue weighted by Crippen LogP contribution is -2.05. The molecule has 0 spiro atoms. The van der Waals surface area contributed by atoms with E-state index in [1.54, 1.807) is 0 Å². The molecule has 0 radical (unpaired) electrons. The fraction of sp³-hybridized carbons (Fsp3) is 0.0400. The summed E-state index contributed by atoms with van der Waals surface area (Å²) in [6, 6.07) is 67.1. The lowest BCUT2D eigenvalue weighted by atomic mass is 9.85. The molecular formula is C50H34N2. The van der Waals surface area contributed by atoms with E-state index in [1.165, 1.54) is 93.8 Å². The first-order chi connectivity index (χ1) is 25.8. The predicted octanol–water partition coefficient (Wildman–Crippen LogP) is 13.0. The van der Waals surface area contributed by atoms with E-state index in [-0.39, 0.29) is 0 Å². The summed E-state index contributed by atoms with van der Waals surface area (Å²) >= 11 is 0. The molecule has 1 aliphatic rings. The minimum atomic E-state index is 1.06. The number of aryl methyl sites for hydroxylation is 2. The van der Waals surface area contributed by atoms with E-state index in [4.69, 9.17) is 0 Å². The third-order valence-electron chi connectivity index (χ3n) is 11.2. The van der Waals surface area contributed by atoms with E-state index < -0.39 is 0 Å². The summed E-state index contributed by atoms with van der Waals surface area (Å²) in [5.41, 5.74) is 17.7. The molecule has 0 unspecified atom stereocenters. The van der Waals surface area contributed by atoms with E-state index in [9.17, 15) is 0 Å². The number of hydrogen-bond donors (Lipinski definition) is 0. The number of hydrogen-bond acceptors (Lipinski definition) is 0. The average Bonchev–Trinajstić information content (AvgIpc) is 3.73. The topological polar surface area (TPSA) is 9.86 Å². The zero-order valence-electron chi connectivity index (χ0n) is 28.6. The molecule has 0 atom stereocenters. The molecule has 0 bridgehead atoms. The van der Waals surface area contributed by atoms with Crippen LogP contribution < -0.4 is 0 Å². The molecule has 11 rings (SSSR count). The average molecular weight is 663 g/mol. The fourth-order valence-electron chi connectivity index (χ4n) is 8.85. The Morgan fingerprint density at radius 1 is 0.308 bits per heavy atom. The third kappa shape index (κ3) is 4.37. The first-order valence-corrected chi connectivity index (χ1v) is 18.2. The first-order valence-electron chi connectivity index (χ1n) is 18.2. The molecule has 2 nitrogen and oxygen atoms in total. The van der Waals surface area contributed by atoms with Gasteiger partial charge in [0.25, 0.3) is 0 Å². The summed E-state index contributed by atoms with van der Waals surface area (Å²) in [4.78, 5) is 0. The van der Waals surface area contributed by atoms with Crippen molar-refractivity contribution >= 4 is 43.6 Å². The maximum absolute atomic E-state index is 2.49. The maximum atomic E-state index is 2.49. The van der Waals surface area contributed by atoms with Crippen LogP contribution in [-0.4, -0.2) is 9.13 Å². The highest BCUT2D eigenvalue weighted by Gasteiger charge is 2.22. The molecular weight excluding hydrogens is 629 g/mol. The summed E-state index contributed by atoms with van der Waals surface area (Å²) in [5.74, 6) is 0. The summed E-state index contributed by atoms with van der Waals surface area (Å²) in [7, 11) is 0. The molecule has 1 aliphatic carbocycles. The maximum Gasteiger partial charge on any atom is 0.0548 e. The molecule has 0 fully saturated rings. The number of rotatable bonds is 4. The van der Waals surface area contributed by atoms with Crippen LogP contribution in [0.5, 0.6) is 0 Å². The van der Waals surface area contributed by atoms with Gasteiger partial charge in [-0.15, -0.1) is 0 Å². The third-order valence-corrected chi connectivity index (χ3v) is 11.2. The van der Waals surface area contributed by atoms with E-state index in [0.717, 1.165) is 18.5 Å². The summed E-state index contributed by atoms with van der Waals surface area (Å²) in [6.07, 6.45) is 2.14. The monoisotopic (exact) mass is 662 g/mol. The molecule has 2 aromatic heterocycles. The van der Waals surface area contributed by atoms with Crippen molar-refractivity contribution in [2.75, 3.05) is 0 Å². The molecule has 2 heteroatoms. The molecule has 0 saturated heterocycles. The molecule has 0 N–H and O–H groups in total. The van der Waals surface area contributed by atoms with Crippen molar-refractivity contribution in [1.29, 1.82) is 0 Å². The standard InChI is InChI=1S/C50H34N2/c1-3-12-33(13-4-1)36-17-11-18-39(30-36)52-47-29-28-46-49(50(47)44-26-24-37(32-48(44)52)34-14-5-2-6-15-34)43-20-9-10-21-45(43)51(46)40-25-27-42-38(31-40)23-22-35-16-7-8-19-41(35)42/h1-21,24-32H,22-23H2. The largest absolute Gasteiger partial charge is 0.309 e. The predicted molar refractivity (Wildman–Crippen MR) is 219 cm³/mol. The van der Waals surface area contributed by atoms with Crippen LogP contribution in [0.1, 0.15) is 11.1 Å². The van der Waals surface area contributed by atoms with Crippen LogP contribution in [-0.2, 0) is 12.8 Å². The Kier molecular flexibility index (Phi) is 6.41. The molecule has 0 amide bonds. The molecule has 0 saturated carbocycles. The second-order valence-electron chi connectivity index (χ2n) is 14.1. The number of nitrogens with zero attached hydrogens (tertiary/aromatic N) is 2. The lowest BCUT2D eigenvalue weighted by Gasteiger charge is -2.21. The van der Waals surface area contributed by atoms with Crippen LogP contribution in [0, 0.1) is 0 Å². The summed E-state index contributed by atoms with van der Waals surface area (Å²) in [6.45, 7) is 0. The Morgan fingerprint density at radius 3 is 1.67 bits per heavy atom. The van der Waals surface area contributed by atoms with Gasteiger partial charge in [0.2, 0.25) is 0 Å². The van der Waals surface area contributed by atoms with Gasteiger partial charge in [0.05, 0.1) is 22.1 Å². The Hall–Kier alpha value is -6.64. The normalized spacial score (nSPS) is 12.5. The van der Waals surface area contributed by atoms with Gasteiger partial charge in [0.15, 0.2) is 0 Å². The molecule has 244 valence electrons. The van der Waals surface area contributed by atoms with Gasteiger partial charge in [0.1, 0.15) is 0 Å². The Morgan fingerprint density at radius 2 is 0.885 bits per heavy atom. The van der Waals surface area contributed by atoms with Gasteiger partial charge in [-0.05, 0) is 106 Å². The minimum absolute atomic E-state index is 1.06. The van der Waals surface area contributed by atoms with Crippen LogP contribution in [0.4, 0.5) is 0 Å². The van der Waals surface area contributed by atoms with Crippen LogP contribution >= 0.6 is 0 Å². The van der Waals surface area contributed by atoms with Gasteiger partial charge in [-0.2, -0.15) is 0 Å². The molecule has 8 aromatic carbocycles. The van der Waals surface area contributed by atoms with Gasteiger partial charge in [-0.1, -0.05) is 133 Å². The van der Waals surface area contributed by atoms with Crippen molar-refractivity contribution in [2.24, 2.45) is 0 Å². The second-order valence-corrected chi connectivity index (χ2v) is 14.1. The molecule has 52 heavy (non-hydrogen) atoms. The first kappa shape index (κ1) is 29.1. The van der Waals surface area contributed by atoms with E-state index >= 15 is 0 Å². The Labute approximate surface area is 302 Å². The van der Waals surface area contributed by atoms with Crippen molar-refractivity contribution in [2.45, 2.75) is 12.8 Å². The smallest absolute Gasteiger partial charge is 0.0548 e. The highest BCUT2D eigenvalue weighted by atomic mass is 15.0. The van der Waals surface area contributed by atoms with Crippen LogP contribution in [0.15, 0.2) is 182 Å². The lowest BCUT2D eigenvalue weighted by molar-refractivity contribution is 0.938. The second kappa shape index (κ2) is 11.4. The molecule has 10 aromatic rings. The molecule has 2 heterocycles. The zero-order valence-corrected chi connectivity index (χ0v) is 28.6. The SMILES string of the molecule is c1ccc(-c2cccc(-n3c4cc(-c5ccccc5)ccc4c4c5c6ccccc6n(-c6ccc7c(c6)CCc6ccccc6-7)c5ccc43)c2)cc1. The number of fused-ring (bicyclic) bond motifs is 10. The van der Waals surface area contributed by atoms with Crippen molar-refractivity contribution < 1.29 is 0 Å². The Balaban J connectivity index is 1.21. The number of benzene rings is 8. The minimum Gasteiger partial charge on any atom is -0.309 e.